The van der Waals surface area contributed by atoms with Gasteiger partial charge in [0.2, 0.25) is 0 Å². The van der Waals surface area contributed by atoms with Crippen LogP contribution in [0.2, 0.25) is 0 Å². The fourth-order valence-corrected chi connectivity index (χ4v) is 3.84. The first-order chi connectivity index (χ1) is 9.76. The van der Waals surface area contributed by atoms with Crippen molar-refractivity contribution in [2.45, 2.75) is 58.0 Å². The van der Waals surface area contributed by atoms with Crippen LogP contribution in [0.1, 0.15) is 50.2 Å². The molecule has 0 aromatic heterocycles. The van der Waals surface area contributed by atoms with Gasteiger partial charge in [0.05, 0.1) is 0 Å². The van der Waals surface area contributed by atoms with Gasteiger partial charge < -0.3 is 10.2 Å². The van der Waals surface area contributed by atoms with Crippen molar-refractivity contribution in [3.63, 3.8) is 0 Å². The first-order valence-electron chi connectivity index (χ1n) is 8.32. The number of rotatable bonds is 4. The molecule has 1 heterocycles. The Balaban J connectivity index is 1.56. The van der Waals surface area contributed by atoms with Gasteiger partial charge in [0.25, 0.3) is 0 Å². The second kappa shape index (κ2) is 6.17. The number of likely N-dealkylation sites (N-methyl/N-ethyl adjacent to an activating group) is 1. The molecular formula is C18H28N2. The molecule has 0 saturated heterocycles. The van der Waals surface area contributed by atoms with Crippen molar-refractivity contribution in [2.75, 3.05) is 18.5 Å². The third-order valence-corrected chi connectivity index (χ3v) is 5.23. The number of nitrogens with zero attached hydrogens (tertiary/aromatic N) is 1. The lowest BCUT2D eigenvalue weighted by Crippen LogP contribution is -2.33. The SMILES string of the molecule is CCC1CCCC(NCc2ccc3c(c2)CCN3C)C1. The molecule has 20 heavy (non-hydrogen) atoms. The standard InChI is InChI=1S/C18H28N2/c1-3-14-5-4-6-17(12-14)19-13-15-7-8-18-16(11-15)9-10-20(18)2/h7-8,11,14,17,19H,3-6,9-10,12-13H2,1-2H3. The van der Waals surface area contributed by atoms with E-state index in [0.29, 0.717) is 0 Å². The van der Waals surface area contributed by atoms with Gasteiger partial charge in [-0.15, -0.1) is 0 Å². The highest BCUT2D eigenvalue weighted by atomic mass is 15.1. The van der Waals surface area contributed by atoms with Gasteiger partial charge in [-0.2, -0.15) is 0 Å². The van der Waals surface area contributed by atoms with Gasteiger partial charge in [-0.05, 0) is 42.4 Å². The van der Waals surface area contributed by atoms with E-state index in [1.807, 2.05) is 0 Å². The molecule has 1 aliphatic heterocycles. The van der Waals surface area contributed by atoms with E-state index in [9.17, 15) is 0 Å². The molecule has 1 N–H and O–H groups in total. The van der Waals surface area contributed by atoms with E-state index in [-0.39, 0.29) is 0 Å². The smallest absolute Gasteiger partial charge is 0.0397 e. The molecule has 0 spiro atoms. The van der Waals surface area contributed by atoms with E-state index < -0.39 is 0 Å². The topological polar surface area (TPSA) is 15.3 Å². The highest BCUT2D eigenvalue weighted by Gasteiger charge is 2.20. The highest BCUT2D eigenvalue weighted by Crippen LogP contribution is 2.28. The number of benzene rings is 1. The van der Waals surface area contributed by atoms with Crippen LogP contribution in [0, 0.1) is 5.92 Å². The second-order valence-electron chi connectivity index (χ2n) is 6.65. The number of fused-ring (bicyclic) bond motifs is 1. The lowest BCUT2D eigenvalue weighted by atomic mass is 9.84. The Morgan fingerprint density at radius 2 is 2.20 bits per heavy atom. The van der Waals surface area contributed by atoms with Crippen LogP contribution in [0.25, 0.3) is 0 Å². The van der Waals surface area contributed by atoms with E-state index in [2.05, 4.69) is 42.4 Å². The van der Waals surface area contributed by atoms with Crippen LogP contribution < -0.4 is 10.2 Å². The van der Waals surface area contributed by atoms with Crippen LogP contribution in [-0.4, -0.2) is 19.6 Å². The Morgan fingerprint density at radius 1 is 1.30 bits per heavy atom. The second-order valence-corrected chi connectivity index (χ2v) is 6.65. The van der Waals surface area contributed by atoms with E-state index >= 15 is 0 Å². The van der Waals surface area contributed by atoms with Crippen molar-refractivity contribution in [3.8, 4) is 0 Å². The summed E-state index contributed by atoms with van der Waals surface area (Å²) >= 11 is 0. The summed E-state index contributed by atoms with van der Waals surface area (Å²) < 4.78 is 0. The molecule has 110 valence electrons. The van der Waals surface area contributed by atoms with Crippen molar-refractivity contribution in [2.24, 2.45) is 5.92 Å². The van der Waals surface area contributed by atoms with Crippen molar-refractivity contribution in [3.05, 3.63) is 29.3 Å². The van der Waals surface area contributed by atoms with E-state index in [1.54, 1.807) is 0 Å². The third kappa shape index (κ3) is 3.01. The minimum absolute atomic E-state index is 0.740. The Kier molecular flexibility index (Phi) is 4.30. The fraction of sp³-hybridized carbons (Fsp3) is 0.667. The molecule has 1 aliphatic carbocycles. The van der Waals surface area contributed by atoms with Crippen LogP contribution in [0.4, 0.5) is 5.69 Å². The van der Waals surface area contributed by atoms with Crippen LogP contribution >= 0.6 is 0 Å². The Labute approximate surface area is 123 Å². The van der Waals surface area contributed by atoms with Crippen LogP contribution in [-0.2, 0) is 13.0 Å². The summed E-state index contributed by atoms with van der Waals surface area (Å²) in [4.78, 5) is 2.36. The summed E-state index contributed by atoms with van der Waals surface area (Å²) in [5.74, 6) is 0.954. The Hall–Kier alpha value is -1.02. The van der Waals surface area contributed by atoms with Crippen molar-refractivity contribution >= 4 is 5.69 Å². The number of hydrogen-bond donors (Lipinski definition) is 1. The van der Waals surface area contributed by atoms with Crippen molar-refractivity contribution in [1.82, 2.24) is 5.32 Å². The minimum Gasteiger partial charge on any atom is -0.374 e. The molecule has 2 aliphatic rings. The van der Waals surface area contributed by atoms with Gasteiger partial charge in [0, 0.05) is 31.9 Å². The molecule has 1 saturated carbocycles. The van der Waals surface area contributed by atoms with Gasteiger partial charge in [0.1, 0.15) is 0 Å². The molecule has 2 heteroatoms. The Bertz CT molecular complexity index is 455. The first-order valence-corrected chi connectivity index (χ1v) is 8.32. The monoisotopic (exact) mass is 272 g/mol. The normalized spacial score (nSPS) is 25.8. The molecule has 1 aromatic carbocycles. The van der Waals surface area contributed by atoms with E-state index in [0.717, 1.165) is 18.5 Å². The predicted molar refractivity (Wildman–Crippen MR) is 86.3 cm³/mol. The molecule has 0 radical (unpaired) electrons. The molecule has 0 amide bonds. The highest BCUT2D eigenvalue weighted by molar-refractivity contribution is 5.58. The molecule has 3 rings (SSSR count). The zero-order chi connectivity index (χ0) is 13.9. The Morgan fingerprint density at radius 3 is 3.05 bits per heavy atom. The number of anilines is 1. The summed E-state index contributed by atoms with van der Waals surface area (Å²) in [7, 11) is 2.19. The molecule has 0 bridgehead atoms. The van der Waals surface area contributed by atoms with Crippen molar-refractivity contribution < 1.29 is 0 Å². The van der Waals surface area contributed by atoms with Gasteiger partial charge in [-0.25, -0.2) is 0 Å². The van der Waals surface area contributed by atoms with Crippen molar-refractivity contribution in [1.29, 1.82) is 0 Å². The fourth-order valence-electron chi connectivity index (χ4n) is 3.84. The maximum atomic E-state index is 3.79. The average molecular weight is 272 g/mol. The molecule has 2 nitrogen and oxygen atoms in total. The van der Waals surface area contributed by atoms with Crippen LogP contribution in [0.15, 0.2) is 18.2 Å². The lowest BCUT2D eigenvalue weighted by molar-refractivity contribution is 0.278. The zero-order valence-corrected chi connectivity index (χ0v) is 13.0. The van der Waals surface area contributed by atoms with Gasteiger partial charge in [0.15, 0.2) is 0 Å². The van der Waals surface area contributed by atoms with Crippen LogP contribution in [0.5, 0.6) is 0 Å². The molecule has 2 atom stereocenters. The average Bonchev–Trinajstić information content (AvgIpc) is 2.86. The molecule has 1 aromatic rings. The summed E-state index contributed by atoms with van der Waals surface area (Å²) in [5, 5.41) is 3.79. The summed E-state index contributed by atoms with van der Waals surface area (Å²) in [6.07, 6.45) is 8.16. The summed E-state index contributed by atoms with van der Waals surface area (Å²) in [6.45, 7) is 4.55. The number of nitrogens with one attached hydrogen (secondary N) is 1. The number of hydrogen-bond acceptors (Lipinski definition) is 2. The maximum Gasteiger partial charge on any atom is 0.0397 e. The van der Waals surface area contributed by atoms with E-state index in [1.165, 1.54) is 61.9 Å². The van der Waals surface area contributed by atoms with Gasteiger partial charge in [-0.1, -0.05) is 38.3 Å². The first kappa shape index (κ1) is 13.9. The largest absolute Gasteiger partial charge is 0.374 e. The molecular weight excluding hydrogens is 244 g/mol. The summed E-state index contributed by atoms with van der Waals surface area (Å²) in [5.41, 5.74) is 4.41. The van der Waals surface area contributed by atoms with E-state index in [4.69, 9.17) is 0 Å². The molecule has 2 unspecified atom stereocenters. The minimum atomic E-state index is 0.740. The van der Waals surface area contributed by atoms with Crippen LogP contribution in [0.3, 0.4) is 0 Å². The maximum absolute atomic E-state index is 3.79. The zero-order valence-electron chi connectivity index (χ0n) is 13.0. The van der Waals surface area contributed by atoms with Gasteiger partial charge >= 0.3 is 0 Å². The predicted octanol–water partition coefficient (Wildman–Crippen LogP) is 3.74. The third-order valence-electron chi connectivity index (χ3n) is 5.23. The summed E-state index contributed by atoms with van der Waals surface area (Å²) in [6, 6.07) is 7.75. The molecule has 1 fully saturated rings. The van der Waals surface area contributed by atoms with Gasteiger partial charge in [-0.3, -0.25) is 0 Å². The lowest BCUT2D eigenvalue weighted by Gasteiger charge is -2.29. The quantitative estimate of drug-likeness (QED) is 0.898.